The molecule has 0 saturated heterocycles. The molecule has 2 amide bonds. The van der Waals surface area contributed by atoms with Crippen LogP contribution in [-0.2, 0) is 14.3 Å². The van der Waals surface area contributed by atoms with Crippen molar-refractivity contribution in [1.29, 1.82) is 0 Å². The molecular weight excluding hydrogens is 324 g/mol. The quantitative estimate of drug-likeness (QED) is 0.796. The molecule has 0 aliphatic heterocycles. The second kappa shape index (κ2) is 8.50. The second-order valence-electron chi connectivity index (χ2n) is 6.93. The first-order chi connectivity index (χ1) is 11.5. The summed E-state index contributed by atoms with van der Waals surface area (Å²) in [5.74, 6) is -0.960. The van der Waals surface area contributed by atoms with Gasteiger partial charge >= 0.3 is 12.1 Å². The van der Waals surface area contributed by atoms with Crippen molar-refractivity contribution >= 4 is 23.7 Å². The molecule has 0 aromatic heterocycles. The van der Waals surface area contributed by atoms with Crippen LogP contribution in [0.4, 0.5) is 10.5 Å². The van der Waals surface area contributed by atoms with Gasteiger partial charge in [-0.25, -0.2) is 9.59 Å². The Morgan fingerprint density at radius 1 is 1.04 bits per heavy atom. The van der Waals surface area contributed by atoms with Gasteiger partial charge in [-0.3, -0.25) is 4.79 Å². The highest BCUT2D eigenvalue weighted by Crippen LogP contribution is 2.13. The van der Waals surface area contributed by atoms with Gasteiger partial charge < -0.3 is 20.1 Å². The lowest BCUT2D eigenvalue weighted by Gasteiger charge is -2.25. The summed E-state index contributed by atoms with van der Waals surface area (Å²) in [5.41, 5.74) is 0.244. The third kappa shape index (κ3) is 6.82. The van der Waals surface area contributed by atoms with Gasteiger partial charge in [-0.05, 0) is 51.0 Å². The number of alkyl carbamates (subject to hydrolysis) is 1. The lowest BCUT2D eigenvalue weighted by molar-refractivity contribution is -0.119. The summed E-state index contributed by atoms with van der Waals surface area (Å²) in [7, 11) is 1.30. The number of esters is 1. The second-order valence-corrected chi connectivity index (χ2v) is 6.93. The van der Waals surface area contributed by atoms with Gasteiger partial charge in [0.25, 0.3) is 0 Å². The molecule has 1 rings (SSSR count). The van der Waals surface area contributed by atoms with Crippen molar-refractivity contribution in [2.45, 2.75) is 46.3 Å². The van der Waals surface area contributed by atoms with Gasteiger partial charge in [0.2, 0.25) is 5.91 Å². The number of anilines is 1. The highest BCUT2D eigenvalue weighted by Gasteiger charge is 2.27. The van der Waals surface area contributed by atoms with E-state index in [9.17, 15) is 14.4 Å². The number of hydrogen-bond acceptors (Lipinski definition) is 5. The Labute approximate surface area is 148 Å². The van der Waals surface area contributed by atoms with Crippen LogP contribution in [0.5, 0.6) is 0 Å². The maximum atomic E-state index is 12.5. The standard InChI is InChI=1S/C18H26N2O5/c1-11(2)14(20-17(23)25-18(3,4)5)15(21)19-13-9-7-12(8-10-13)16(22)24-6/h7-11,14H,1-6H3,(H,19,21)(H,20,23). The van der Waals surface area contributed by atoms with Crippen LogP contribution < -0.4 is 10.6 Å². The van der Waals surface area contributed by atoms with Crippen LogP contribution in [0.25, 0.3) is 0 Å². The Morgan fingerprint density at radius 3 is 2.04 bits per heavy atom. The average Bonchev–Trinajstić information content (AvgIpc) is 2.50. The number of hydrogen-bond donors (Lipinski definition) is 2. The number of carbonyl (C=O) groups excluding carboxylic acids is 3. The first-order valence-electron chi connectivity index (χ1n) is 8.02. The lowest BCUT2D eigenvalue weighted by atomic mass is 10.0. The molecule has 0 heterocycles. The zero-order chi connectivity index (χ0) is 19.2. The molecule has 1 unspecified atom stereocenters. The van der Waals surface area contributed by atoms with Crippen LogP contribution in [0.1, 0.15) is 45.0 Å². The first-order valence-corrected chi connectivity index (χ1v) is 8.02. The number of methoxy groups -OCH3 is 1. The summed E-state index contributed by atoms with van der Waals surface area (Å²) in [6.07, 6.45) is -0.651. The Balaban J connectivity index is 2.76. The SMILES string of the molecule is COC(=O)c1ccc(NC(=O)C(NC(=O)OC(C)(C)C)C(C)C)cc1. The molecule has 0 aliphatic rings. The Bertz CT molecular complexity index is 617. The minimum Gasteiger partial charge on any atom is -0.465 e. The van der Waals surface area contributed by atoms with Crippen molar-refractivity contribution in [1.82, 2.24) is 5.32 Å². The summed E-state index contributed by atoms with van der Waals surface area (Å²) in [4.78, 5) is 35.8. The molecule has 2 N–H and O–H groups in total. The summed E-state index contributed by atoms with van der Waals surface area (Å²) >= 11 is 0. The molecule has 138 valence electrons. The minimum absolute atomic E-state index is 0.137. The summed E-state index contributed by atoms with van der Waals surface area (Å²) < 4.78 is 9.81. The van der Waals surface area contributed by atoms with E-state index in [1.807, 2.05) is 13.8 Å². The molecule has 0 saturated carbocycles. The van der Waals surface area contributed by atoms with Gasteiger partial charge in [0.15, 0.2) is 0 Å². The van der Waals surface area contributed by atoms with Crippen LogP contribution in [-0.4, -0.2) is 36.7 Å². The van der Waals surface area contributed by atoms with E-state index in [0.717, 1.165) is 0 Å². The molecule has 1 aromatic rings. The summed E-state index contributed by atoms with van der Waals surface area (Å²) in [6.45, 7) is 8.89. The number of carbonyl (C=O) groups is 3. The predicted molar refractivity (Wildman–Crippen MR) is 94.4 cm³/mol. The van der Waals surface area contributed by atoms with Crippen LogP contribution in [0.2, 0.25) is 0 Å². The van der Waals surface area contributed by atoms with Gasteiger partial charge in [0.05, 0.1) is 12.7 Å². The van der Waals surface area contributed by atoms with Crippen LogP contribution >= 0.6 is 0 Å². The van der Waals surface area contributed by atoms with Crippen molar-refractivity contribution in [3.63, 3.8) is 0 Å². The van der Waals surface area contributed by atoms with Crippen molar-refractivity contribution < 1.29 is 23.9 Å². The molecule has 0 bridgehead atoms. The maximum absolute atomic E-state index is 12.5. The predicted octanol–water partition coefficient (Wildman–Crippen LogP) is 2.96. The number of benzene rings is 1. The van der Waals surface area contributed by atoms with Crippen molar-refractivity contribution in [2.75, 3.05) is 12.4 Å². The number of amides is 2. The van der Waals surface area contributed by atoms with E-state index in [4.69, 9.17) is 4.74 Å². The van der Waals surface area contributed by atoms with E-state index in [1.165, 1.54) is 7.11 Å². The highest BCUT2D eigenvalue weighted by molar-refractivity contribution is 5.97. The van der Waals surface area contributed by atoms with E-state index < -0.39 is 23.7 Å². The van der Waals surface area contributed by atoms with E-state index in [2.05, 4.69) is 15.4 Å². The van der Waals surface area contributed by atoms with E-state index in [-0.39, 0.29) is 11.8 Å². The van der Waals surface area contributed by atoms with E-state index in [0.29, 0.717) is 11.3 Å². The zero-order valence-electron chi connectivity index (χ0n) is 15.5. The highest BCUT2D eigenvalue weighted by atomic mass is 16.6. The van der Waals surface area contributed by atoms with Gasteiger partial charge in [-0.15, -0.1) is 0 Å². The Kier molecular flexibility index (Phi) is 6.97. The fourth-order valence-electron chi connectivity index (χ4n) is 2.00. The fraction of sp³-hybridized carbons (Fsp3) is 0.500. The van der Waals surface area contributed by atoms with E-state index in [1.54, 1.807) is 45.0 Å². The number of rotatable bonds is 5. The van der Waals surface area contributed by atoms with Crippen molar-refractivity contribution in [2.24, 2.45) is 5.92 Å². The molecule has 7 heteroatoms. The molecule has 1 aromatic carbocycles. The molecule has 0 aliphatic carbocycles. The number of nitrogens with one attached hydrogen (secondary N) is 2. The first kappa shape index (κ1) is 20.5. The third-order valence-electron chi connectivity index (χ3n) is 3.19. The van der Waals surface area contributed by atoms with Gasteiger partial charge in [0.1, 0.15) is 11.6 Å². The molecule has 25 heavy (non-hydrogen) atoms. The monoisotopic (exact) mass is 350 g/mol. The third-order valence-corrected chi connectivity index (χ3v) is 3.19. The van der Waals surface area contributed by atoms with Crippen LogP contribution in [0.3, 0.4) is 0 Å². The minimum atomic E-state index is -0.755. The van der Waals surface area contributed by atoms with E-state index >= 15 is 0 Å². The van der Waals surface area contributed by atoms with Crippen LogP contribution in [0.15, 0.2) is 24.3 Å². The molecule has 0 radical (unpaired) electrons. The normalized spacial score (nSPS) is 12.3. The average molecular weight is 350 g/mol. The number of ether oxygens (including phenoxy) is 2. The molecule has 1 atom stereocenters. The van der Waals surface area contributed by atoms with Gasteiger partial charge in [0, 0.05) is 5.69 Å². The molecule has 0 fully saturated rings. The van der Waals surface area contributed by atoms with Gasteiger partial charge in [-0.1, -0.05) is 13.8 Å². The molecule has 0 spiro atoms. The summed E-state index contributed by atoms with van der Waals surface area (Å²) in [5, 5.41) is 5.30. The van der Waals surface area contributed by atoms with Gasteiger partial charge in [-0.2, -0.15) is 0 Å². The van der Waals surface area contributed by atoms with Crippen molar-refractivity contribution in [3.8, 4) is 0 Å². The lowest BCUT2D eigenvalue weighted by Crippen LogP contribution is -2.48. The summed E-state index contributed by atoms with van der Waals surface area (Å²) in [6, 6.07) is 5.53. The largest absolute Gasteiger partial charge is 0.465 e. The molecule has 7 nitrogen and oxygen atoms in total. The maximum Gasteiger partial charge on any atom is 0.408 e. The smallest absolute Gasteiger partial charge is 0.408 e. The fourth-order valence-corrected chi connectivity index (χ4v) is 2.00. The Morgan fingerprint density at radius 2 is 1.60 bits per heavy atom. The van der Waals surface area contributed by atoms with Crippen molar-refractivity contribution in [3.05, 3.63) is 29.8 Å². The zero-order valence-corrected chi connectivity index (χ0v) is 15.5. The molecular formula is C18H26N2O5. The Hall–Kier alpha value is -2.57. The van der Waals surface area contributed by atoms with Crippen LogP contribution in [0, 0.1) is 5.92 Å². The topological polar surface area (TPSA) is 93.7 Å².